The molecule has 2 heterocycles. The summed E-state index contributed by atoms with van der Waals surface area (Å²) in [5, 5.41) is 6.12. The lowest BCUT2D eigenvalue weighted by Crippen LogP contribution is -2.37. The Hall–Kier alpha value is -3.33. The van der Waals surface area contributed by atoms with Gasteiger partial charge < -0.3 is 20.3 Å². The van der Waals surface area contributed by atoms with Crippen LogP contribution in [-0.2, 0) is 4.74 Å². The Bertz CT molecular complexity index is 864. The molecule has 0 atom stereocenters. The first-order valence-corrected chi connectivity index (χ1v) is 8.80. The third-order valence-electron chi connectivity index (χ3n) is 4.12. The highest BCUT2D eigenvalue weighted by molar-refractivity contribution is 5.59. The lowest BCUT2D eigenvalue weighted by atomic mass is 10.3. The van der Waals surface area contributed by atoms with Gasteiger partial charge in [-0.1, -0.05) is 0 Å². The van der Waals surface area contributed by atoms with Gasteiger partial charge in [-0.25, -0.2) is 8.78 Å². The van der Waals surface area contributed by atoms with Crippen LogP contribution in [-0.4, -0.2) is 41.3 Å². The average Bonchev–Trinajstić information content (AvgIpc) is 2.72. The van der Waals surface area contributed by atoms with Gasteiger partial charge in [-0.3, -0.25) is 0 Å². The maximum atomic E-state index is 13.1. The molecule has 2 aromatic carbocycles. The number of hydrogen-bond donors (Lipinski definition) is 2. The topological polar surface area (TPSA) is 75.2 Å². The molecule has 0 aliphatic carbocycles. The van der Waals surface area contributed by atoms with E-state index in [0.29, 0.717) is 55.5 Å². The van der Waals surface area contributed by atoms with Crippen molar-refractivity contribution in [2.45, 2.75) is 0 Å². The molecule has 2 N–H and O–H groups in total. The number of anilines is 5. The Morgan fingerprint density at radius 2 is 1.18 bits per heavy atom. The summed E-state index contributed by atoms with van der Waals surface area (Å²) in [5.41, 5.74) is 1.29. The van der Waals surface area contributed by atoms with Crippen LogP contribution in [0, 0.1) is 11.6 Å². The van der Waals surface area contributed by atoms with Crippen molar-refractivity contribution in [1.29, 1.82) is 0 Å². The van der Waals surface area contributed by atoms with Crippen LogP contribution in [0.15, 0.2) is 48.5 Å². The summed E-state index contributed by atoms with van der Waals surface area (Å²) in [6.45, 7) is 2.51. The van der Waals surface area contributed by atoms with E-state index in [0.717, 1.165) is 0 Å². The van der Waals surface area contributed by atoms with E-state index < -0.39 is 0 Å². The van der Waals surface area contributed by atoms with Crippen LogP contribution in [0.25, 0.3) is 0 Å². The summed E-state index contributed by atoms with van der Waals surface area (Å²) in [6, 6.07) is 11.8. The third-order valence-corrected chi connectivity index (χ3v) is 4.12. The third kappa shape index (κ3) is 4.49. The fourth-order valence-electron chi connectivity index (χ4n) is 2.71. The largest absolute Gasteiger partial charge is 0.378 e. The molecule has 28 heavy (non-hydrogen) atoms. The summed E-state index contributed by atoms with van der Waals surface area (Å²) in [7, 11) is 0. The van der Waals surface area contributed by atoms with Crippen molar-refractivity contribution in [3.05, 3.63) is 60.2 Å². The highest BCUT2D eigenvalue weighted by atomic mass is 19.1. The summed E-state index contributed by atoms with van der Waals surface area (Å²) in [4.78, 5) is 15.3. The van der Waals surface area contributed by atoms with E-state index >= 15 is 0 Å². The first kappa shape index (κ1) is 18.1. The van der Waals surface area contributed by atoms with E-state index in [1.165, 1.54) is 24.3 Å². The van der Waals surface area contributed by atoms with Crippen LogP contribution in [0.4, 0.5) is 38.0 Å². The molecule has 3 aromatic rings. The van der Waals surface area contributed by atoms with Gasteiger partial charge in [0, 0.05) is 24.5 Å². The van der Waals surface area contributed by atoms with Gasteiger partial charge in [0.15, 0.2) is 0 Å². The van der Waals surface area contributed by atoms with Crippen LogP contribution < -0.4 is 15.5 Å². The Balaban J connectivity index is 1.63. The number of rotatable bonds is 5. The van der Waals surface area contributed by atoms with E-state index in [1.807, 2.05) is 4.90 Å². The molecule has 0 bridgehead atoms. The number of morpholine rings is 1. The standard InChI is InChI=1S/C19H18F2N6O/c20-13-1-5-15(6-2-13)22-17-24-18(23-16-7-3-14(21)4-8-16)26-19(25-17)27-9-11-28-12-10-27/h1-8H,9-12H2,(H2,22,23,24,25,26). The molecular weight excluding hydrogens is 366 g/mol. The number of nitrogens with one attached hydrogen (secondary N) is 2. The van der Waals surface area contributed by atoms with E-state index in [-0.39, 0.29) is 11.6 Å². The molecule has 0 spiro atoms. The van der Waals surface area contributed by atoms with Gasteiger partial charge in [0.05, 0.1) is 13.2 Å². The highest BCUT2D eigenvalue weighted by Crippen LogP contribution is 2.21. The minimum Gasteiger partial charge on any atom is -0.378 e. The van der Waals surface area contributed by atoms with Crippen LogP contribution in [0.2, 0.25) is 0 Å². The van der Waals surface area contributed by atoms with E-state index in [4.69, 9.17) is 4.74 Å². The molecule has 0 unspecified atom stereocenters. The second-order valence-corrected chi connectivity index (χ2v) is 6.15. The van der Waals surface area contributed by atoms with Crippen molar-refractivity contribution in [1.82, 2.24) is 15.0 Å². The Morgan fingerprint density at radius 1 is 0.714 bits per heavy atom. The summed E-state index contributed by atoms with van der Waals surface area (Å²) in [6.07, 6.45) is 0. The molecule has 1 aromatic heterocycles. The quantitative estimate of drug-likeness (QED) is 0.698. The molecule has 7 nitrogen and oxygen atoms in total. The minimum absolute atomic E-state index is 0.313. The number of halogens is 2. The summed E-state index contributed by atoms with van der Waals surface area (Å²) in [5.74, 6) is 0.468. The van der Waals surface area contributed by atoms with Crippen LogP contribution in [0.5, 0.6) is 0 Å². The number of ether oxygens (including phenoxy) is 1. The Labute approximate surface area is 160 Å². The first-order chi connectivity index (χ1) is 13.7. The fourth-order valence-corrected chi connectivity index (χ4v) is 2.71. The van der Waals surface area contributed by atoms with Crippen molar-refractivity contribution in [2.75, 3.05) is 41.8 Å². The molecule has 9 heteroatoms. The molecule has 0 saturated carbocycles. The predicted molar refractivity (Wildman–Crippen MR) is 102 cm³/mol. The molecule has 4 rings (SSSR count). The molecule has 1 aliphatic rings. The molecule has 0 radical (unpaired) electrons. The fraction of sp³-hybridized carbons (Fsp3) is 0.211. The first-order valence-electron chi connectivity index (χ1n) is 8.80. The molecule has 1 aliphatic heterocycles. The highest BCUT2D eigenvalue weighted by Gasteiger charge is 2.17. The SMILES string of the molecule is Fc1ccc(Nc2nc(Nc3ccc(F)cc3)nc(N3CCOCC3)n2)cc1. The predicted octanol–water partition coefficient (Wildman–Crippen LogP) is 3.47. The molecule has 144 valence electrons. The monoisotopic (exact) mass is 384 g/mol. The van der Waals surface area contributed by atoms with E-state index in [9.17, 15) is 8.78 Å². The zero-order chi connectivity index (χ0) is 19.3. The zero-order valence-corrected chi connectivity index (χ0v) is 14.9. The van der Waals surface area contributed by atoms with Crippen molar-refractivity contribution in [3.63, 3.8) is 0 Å². The number of benzene rings is 2. The zero-order valence-electron chi connectivity index (χ0n) is 14.9. The Kier molecular flexibility index (Phi) is 5.24. The molecule has 0 amide bonds. The maximum absolute atomic E-state index is 13.1. The summed E-state index contributed by atoms with van der Waals surface area (Å²) >= 11 is 0. The molecular formula is C19H18F2N6O. The molecule has 1 fully saturated rings. The van der Waals surface area contributed by atoms with E-state index in [2.05, 4.69) is 25.6 Å². The van der Waals surface area contributed by atoms with Crippen LogP contribution in [0.1, 0.15) is 0 Å². The van der Waals surface area contributed by atoms with Crippen molar-refractivity contribution < 1.29 is 13.5 Å². The lowest BCUT2D eigenvalue weighted by molar-refractivity contribution is 0.122. The van der Waals surface area contributed by atoms with Crippen molar-refractivity contribution in [2.24, 2.45) is 0 Å². The number of aromatic nitrogens is 3. The van der Waals surface area contributed by atoms with Crippen molar-refractivity contribution >= 4 is 29.2 Å². The average molecular weight is 384 g/mol. The number of nitrogens with zero attached hydrogens (tertiary/aromatic N) is 4. The minimum atomic E-state index is -0.325. The van der Waals surface area contributed by atoms with Crippen molar-refractivity contribution in [3.8, 4) is 0 Å². The van der Waals surface area contributed by atoms with E-state index in [1.54, 1.807) is 24.3 Å². The van der Waals surface area contributed by atoms with Gasteiger partial charge >= 0.3 is 0 Å². The second-order valence-electron chi connectivity index (χ2n) is 6.15. The lowest BCUT2D eigenvalue weighted by Gasteiger charge is -2.27. The van der Waals surface area contributed by atoms with Gasteiger partial charge in [-0.05, 0) is 48.5 Å². The smallest absolute Gasteiger partial charge is 0.233 e. The Morgan fingerprint density at radius 3 is 1.64 bits per heavy atom. The van der Waals surface area contributed by atoms with Crippen LogP contribution >= 0.6 is 0 Å². The van der Waals surface area contributed by atoms with Crippen LogP contribution in [0.3, 0.4) is 0 Å². The van der Waals surface area contributed by atoms with Gasteiger partial charge in [0.25, 0.3) is 0 Å². The second kappa shape index (κ2) is 8.13. The van der Waals surface area contributed by atoms with Gasteiger partial charge in [-0.15, -0.1) is 0 Å². The molecule has 1 saturated heterocycles. The van der Waals surface area contributed by atoms with Gasteiger partial charge in [0.2, 0.25) is 17.8 Å². The normalized spacial score (nSPS) is 14.0. The number of hydrogen-bond acceptors (Lipinski definition) is 7. The van der Waals surface area contributed by atoms with Gasteiger partial charge in [0.1, 0.15) is 11.6 Å². The maximum Gasteiger partial charge on any atom is 0.233 e. The van der Waals surface area contributed by atoms with Gasteiger partial charge in [-0.2, -0.15) is 15.0 Å². The summed E-state index contributed by atoms with van der Waals surface area (Å²) < 4.78 is 31.7.